The zero-order valence-corrected chi connectivity index (χ0v) is 22.9. The van der Waals surface area contributed by atoms with E-state index < -0.39 is 6.04 Å². The molecule has 1 aliphatic rings. The Labute approximate surface area is 229 Å². The van der Waals surface area contributed by atoms with Gasteiger partial charge in [-0.2, -0.15) is 0 Å². The quantitative estimate of drug-likeness (QED) is 0.200. The third-order valence-corrected chi connectivity index (χ3v) is 7.38. The van der Waals surface area contributed by atoms with E-state index in [9.17, 15) is 9.59 Å². The molecular formula is C33H35NO5. The average molecular weight is 526 g/mol. The van der Waals surface area contributed by atoms with Gasteiger partial charge in [0.25, 0.3) is 5.91 Å². The summed E-state index contributed by atoms with van der Waals surface area (Å²) in [5, 5.41) is 0.496. The minimum Gasteiger partial charge on any atom is -0.497 e. The maximum absolute atomic E-state index is 13.8. The topological polar surface area (TPSA) is 69.0 Å². The van der Waals surface area contributed by atoms with Gasteiger partial charge < -0.3 is 18.8 Å². The second kappa shape index (κ2) is 11.8. The van der Waals surface area contributed by atoms with Crippen LogP contribution in [0.2, 0.25) is 0 Å². The Morgan fingerprint density at radius 1 is 0.897 bits per heavy atom. The summed E-state index contributed by atoms with van der Waals surface area (Å²) in [7, 11) is 1.64. The van der Waals surface area contributed by atoms with Crippen molar-refractivity contribution in [3.05, 3.63) is 105 Å². The summed E-state index contributed by atoms with van der Waals surface area (Å²) >= 11 is 0. The maximum Gasteiger partial charge on any atom is 0.290 e. The number of hydrogen-bond donors (Lipinski definition) is 0. The molecule has 39 heavy (non-hydrogen) atoms. The normalized spacial score (nSPS) is 14.6. The molecule has 1 aromatic heterocycles. The van der Waals surface area contributed by atoms with E-state index in [4.69, 9.17) is 13.9 Å². The summed E-state index contributed by atoms with van der Waals surface area (Å²) in [6.45, 7) is 5.24. The number of fused-ring (bicyclic) bond motifs is 2. The molecular weight excluding hydrogens is 490 g/mol. The monoisotopic (exact) mass is 525 g/mol. The number of ether oxygens (including phenoxy) is 2. The van der Waals surface area contributed by atoms with Gasteiger partial charge >= 0.3 is 0 Å². The van der Waals surface area contributed by atoms with Gasteiger partial charge in [0.1, 0.15) is 17.1 Å². The molecule has 1 amide bonds. The highest BCUT2D eigenvalue weighted by Gasteiger charge is 2.42. The molecule has 0 saturated heterocycles. The van der Waals surface area contributed by atoms with Crippen LogP contribution < -0.4 is 14.9 Å². The van der Waals surface area contributed by atoms with Gasteiger partial charge in [-0.15, -0.1) is 0 Å². The van der Waals surface area contributed by atoms with E-state index in [1.165, 1.54) is 12.8 Å². The van der Waals surface area contributed by atoms with Crippen LogP contribution in [0.3, 0.4) is 0 Å². The lowest BCUT2D eigenvalue weighted by Gasteiger charge is -2.25. The fourth-order valence-electron chi connectivity index (χ4n) is 5.22. The fraction of sp³-hybridized carbons (Fsp3) is 0.333. The van der Waals surface area contributed by atoms with E-state index >= 15 is 0 Å². The number of aryl methyl sites for hydroxylation is 1. The number of hydrogen-bond acceptors (Lipinski definition) is 5. The number of rotatable bonds is 11. The summed E-state index contributed by atoms with van der Waals surface area (Å²) in [6.07, 6.45) is 5.20. The smallest absolute Gasteiger partial charge is 0.290 e. The van der Waals surface area contributed by atoms with Crippen molar-refractivity contribution < 1.29 is 18.7 Å². The molecule has 6 heteroatoms. The molecule has 0 aliphatic carbocycles. The van der Waals surface area contributed by atoms with Gasteiger partial charge in [-0.05, 0) is 67.3 Å². The van der Waals surface area contributed by atoms with Crippen LogP contribution in [0.5, 0.6) is 11.5 Å². The molecule has 0 saturated carbocycles. The lowest BCUT2D eigenvalue weighted by molar-refractivity contribution is 0.0730. The zero-order valence-electron chi connectivity index (χ0n) is 22.9. The highest BCUT2D eigenvalue weighted by Crippen LogP contribution is 2.39. The largest absolute Gasteiger partial charge is 0.497 e. The summed E-state index contributed by atoms with van der Waals surface area (Å²) in [4.78, 5) is 29.3. The van der Waals surface area contributed by atoms with Crippen molar-refractivity contribution in [3.63, 3.8) is 0 Å². The molecule has 0 bridgehead atoms. The molecule has 202 valence electrons. The van der Waals surface area contributed by atoms with Crippen molar-refractivity contribution in [2.75, 3.05) is 20.3 Å². The Morgan fingerprint density at radius 2 is 1.64 bits per heavy atom. The first-order valence-corrected chi connectivity index (χ1v) is 13.7. The van der Waals surface area contributed by atoms with E-state index in [1.807, 2.05) is 67.6 Å². The Kier molecular flexibility index (Phi) is 8.01. The van der Waals surface area contributed by atoms with Crippen LogP contribution in [-0.4, -0.2) is 31.1 Å². The molecule has 1 atom stereocenters. The van der Waals surface area contributed by atoms with E-state index in [0.29, 0.717) is 36.1 Å². The molecule has 6 nitrogen and oxygen atoms in total. The summed E-state index contributed by atoms with van der Waals surface area (Å²) in [5.74, 6) is 1.43. The standard InChI is InChI=1S/C33H35NO5/c1-4-5-6-7-20-38-26-15-11-24(12-16-26)30-29-31(35)27-21-22(2)8-17-28(27)39-32(29)33(36)34(30)19-18-23-9-13-25(37-3)14-10-23/h8-17,21,30H,4-7,18-20H2,1-3H3. The first kappa shape index (κ1) is 26.5. The molecule has 1 aliphatic heterocycles. The van der Waals surface area contributed by atoms with Crippen LogP contribution in [-0.2, 0) is 6.42 Å². The fourth-order valence-corrected chi connectivity index (χ4v) is 5.22. The number of benzene rings is 3. The van der Waals surface area contributed by atoms with Crippen molar-refractivity contribution in [1.82, 2.24) is 4.90 Å². The molecule has 3 aromatic carbocycles. The summed E-state index contributed by atoms with van der Waals surface area (Å²) in [5.41, 5.74) is 3.57. The average Bonchev–Trinajstić information content (AvgIpc) is 3.24. The summed E-state index contributed by atoms with van der Waals surface area (Å²) < 4.78 is 17.3. The van der Waals surface area contributed by atoms with Crippen LogP contribution in [0.15, 0.2) is 75.9 Å². The van der Waals surface area contributed by atoms with Gasteiger partial charge in [0, 0.05) is 6.54 Å². The van der Waals surface area contributed by atoms with Gasteiger partial charge in [0.2, 0.25) is 5.76 Å². The highest BCUT2D eigenvalue weighted by molar-refractivity contribution is 5.99. The lowest BCUT2D eigenvalue weighted by Crippen LogP contribution is -2.31. The molecule has 5 rings (SSSR count). The number of nitrogens with zero attached hydrogens (tertiary/aromatic N) is 1. The Hall–Kier alpha value is -4.06. The first-order chi connectivity index (χ1) is 19.0. The number of unbranched alkanes of at least 4 members (excludes halogenated alkanes) is 3. The van der Waals surface area contributed by atoms with Crippen molar-refractivity contribution in [2.24, 2.45) is 0 Å². The Bertz CT molecular complexity index is 1500. The van der Waals surface area contributed by atoms with Gasteiger partial charge in [0.05, 0.1) is 30.7 Å². The molecule has 4 aromatic rings. The van der Waals surface area contributed by atoms with E-state index in [1.54, 1.807) is 18.1 Å². The summed E-state index contributed by atoms with van der Waals surface area (Å²) in [6, 6.07) is 20.5. The van der Waals surface area contributed by atoms with Crippen LogP contribution >= 0.6 is 0 Å². The van der Waals surface area contributed by atoms with Crippen molar-refractivity contribution in [1.29, 1.82) is 0 Å². The second-order valence-electron chi connectivity index (χ2n) is 10.2. The van der Waals surface area contributed by atoms with Gasteiger partial charge in [-0.3, -0.25) is 9.59 Å². The predicted octanol–water partition coefficient (Wildman–Crippen LogP) is 6.86. The van der Waals surface area contributed by atoms with Crippen molar-refractivity contribution >= 4 is 16.9 Å². The molecule has 1 unspecified atom stereocenters. The van der Waals surface area contributed by atoms with Crippen LogP contribution in [0.1, 0.15) is 71.5 Å². The molecule has 0 N–H and O–H groups in total. The molecule has 0 spiro atoms. The highest BCUT2D eigenvalue weighted by atomic mass is 16.5. The SMILES string of the molecule is CCCCCCOc1ccc(C2c3c(oc4ccc(C)cc4c3=O)C(=O)N2CCc2ccc(OC)cc2)cc1. The van der Waals surface area contributed by atoms with Crippen molar-refractivity contribution in [3.8, 4) is 11.5 Å². The minimum absolute atomic E-state index is 0.132. The van der Waals surface area contributed by atoms with Crippen molar-refractivity contribution in [2.45, 2.75) is 52.0 Å². The lowest BCUT2D eigenvalue weighted by atomic mass is 9.98. The third-order valence-electron chi connectivity index (χ3n) is 7.38. The Balaban J connectivity index is 1.47. The molecule has 2 heterocycles. The van der Waals surface area contributed by atoms with Crippen LogP contribution in [0.4, 0.5) is 0 Å². The van der Waals surface area contributed by atoms with E-state index in [2.05, 4.69) is 6.92 Å². The van der Waals surface area contributed by atoms with E-state index in [0.717, 1.165) is 41.0 Å². The number of carbonyl (C=O) groups excluding carboxylic acids is 1. The van der Waals surface area contributed by atoms with E-state index in [-0.39, 0.29) is 17.1 Å². The van der Waals surface area contributed by atoms with Gasteiger partial charge in [-0.1, -0.05) is 62.1 Å². The van der Waals surface area contributed by atoms with Gasteiger partial charge in [-0.25, -0.2) is 0 Å². The minimum atomic E-state index is -0.537. The predicted molar refractivity (Wildman–Crippen MR) is 153 cm³/mol. The third kappa shape index (κ3) is 5.56. The zero-order chi connectivity index (χ0) is 27.4. The molecule has 0 fully saturated rings. The number of amides is 1. The molecule has 0 radical (unpaired) electrons. The van der Waals surface area contributed by atoms with Crippen LogP contribution in [0.25, 0.3) is 11.0 Å². The second-order valence-corrected chi connectivity index (χ2v) is 10.2. The number of methoxy groups -OCH3 is 1. The van der Waals surface area contributed by atoms with Gasteiger partial charge in [0.15, 0.2) is 5.43 Å². The van der Waals surface area contributed by atoms with Crippen LogP contribution in [0, 0.1) is 6.92 Å². The number of carbonyl (C=O) groups is 1. The maximum atomic E-state index is 13.8. The first-order valence-electron chi connectivity index (χ1n) is 13.7. The Morgan fingerprint density at radius 3 is 2.36 bits per heavy atom.